The van der Waals surface area contributed by atoms with Crippen LogP contribution in [0.25, 0.3) is 0 Å². The molecule has 0 spiro atoms. The van der Waals surface area contributed by atoms with Crippen LogP contribution in [0.5, 0.6) is 0 Å². The van der Waals surface area contributed by atoms with Crippen molar-refractivity contribution in [2.45, 2.75) is 25.2 Å². The van der Waals surface area contributed by atoms with Gasteiger partial charge in [0.1, 0.15) is 24.1 Å². The molecule has 2 rings (SSSR count). The zero-order chi connectivity index (χ0) is 8.17. The first kappa shape index (κ1) is 6.82. The van der Waals surface area contributed by atoms with Crippen LogP contribution >= 0.6 is 0 Å². The van der Waals surface area contributed by atoms with E-state index >= 15 is 0 Å². The van der Waals surface area contributed by atoms with Gasteiger partial charge < -0.3 is 14.9 Å². The van der Waals surface area contributed by atoms with Gasteiger partial charge in [0.25, 0.3) is 0 Å². The van der Waals surface area contributed by atoms with Crippen molar-refractivity contribution in [3.8, 4) is 0 Å². The Morgan fingerprint density at radius 3 is 2.82 bits per heavy atom. The summed E-state index contributed by atoms with van der Waals surface area (Å²) >= 11 is 0. The van der Waals surface area contributed by atoms with E-state index in [1.165, 1.54) is 6.92 Å². The lowest BCUT2D eigenvalue weighted by atomic mass is 9.96. The maximum Gasteiger partial charge on any atom is 0.193 e. The number of rotatable bonds is 0. The van der Waals surface area contributed by atoms with Crippen molar-refractivity contribution in [3.63, 3.8) is 0 Å². The SMILES string of the molecule is CC1=C(O)C(O)C2OC2C1=O. The van der Waals surface area contributed by atoms with Crippen molar-refractivity contribution >= 4 is 5.78 Å². The van der Waals surface area contributed by atoms with E-state index in [0.29, 0.717) is 0 Å². The summed E-state index contributed by atoms with van der Waals surface area (Å²) in [7, 11) is 0. The third kappa shape index (κ3) is 0.735. The first-order valence-electron chi connectivity index (χ1n) is 3.40. The van der Waals surface area contributed by atoms with Crippen LogP contribution < -0.4 is 0 Å². The number of aliphatic hydroxyl groups excluding tert-OH is 2. The van der Waals surface area contributed by atoms with Crippen molar-refractivity contribution in [2.75, 3.05) is 0 Å². The number of ketones is 1. The predicted molar refractivity (Wildman–Crippen MR) is 35.0 cm³/mol. The zero-order valence-electron chi connectivity index (χ0n) is 5.94. The van der Waals surface area contributed by atoms with Gasteiger partial charge in [-0.1, -0.05) is 0 Å². The molecule has 1 fully saturated rings. The van der Waals surface area contributed by atoms with Gasteiger partial charge >= 0.3 is 0 Å². The van der Waals surface area contributed by atoms with Gasteiger partial charge in [0.05, 0.1) is 0 Å². The molecule has 0 aromatic rings. The van der Waals surface area contributed by atoms with E-state index in [1.54, 1.807) is 0 Å². The lowest BCUT2D eigenvalue weighted by molar-refractivity contribution is -0.117. The maximum absolute atomic E-state index is 11.1. The quantitative estimate of drug-likeness (QED) is 0.465. The highest BCUT2D eigenvalue weighted by Gasteiger charge is 2.55. The van der Waals surface area contributed by atoms with E-state index in [4.69, 9.17) is 9.84 Å². The Kier molecular flexibility index (Phi) is 1.14. The molecule has 0 aromatic heterocycles. The number of epoxide rings is 1. The molecule has 1 heterocycles. The summed E-state index contributed by atoms with van der Waals surface area (Å²) in [6, 6.07) is 0. The number of fused-ring (bicyclic) bond motifs is 1. The molecule has 11 heavy (non-hydrogen) atoms. The van der Waals surface area contributed by atoms with Crippen molar-refractivity contribution in [3.05, 3.63) is 11.3 Å². The monoisotopic (exact) mass is 156 g/mol. The van der Waals surface area contributed by atoms with Crippen molar-refractivity contribution < 1.29 is 19.7 Å². The molecular formula is C7H8O4. The first-order valence-corrected chi connectivity index (χ1v) is 3.40. The normalized spacial score (nSPS) is 42.4. The molecule has 0 bridgehead atoms. The number of Topliss-reactive ketones (excluding diaryl/α,β-unsaturated/α-hetero) is 1. The molecule has 0 amide bonds. The van der Waals surface area contributed by atoms with E-state index in [2.05, 4.69) is 0 Å². The van der Waals surface area contributed by atoms with Crippen LogP contribution in [0.2, 0.25) is 0 Å². The molecule has 0 aromatic carbocycles. The zero-order valence-corrected chi connectivity index (χ0v) is 5.94. The number of hydrogen-bond donors (Lipinski definition) is 2. The Labute approximate surface area is 63.1 Å². The molecule has 60 valence electrons. The standard InChI is InChI=1S/C7H8O4/c1-2-3(8)5(10)7-6(11-7)4(2)9/h5-8,10H,1H3. The van der Waals surface area contributed by atoms with Crippen molar-refractivity contribution in [2.24, 2.45) is 0 Å². The second-order valence-electron chi connectivity index (χ2n) is 2.84. The summed E-state index contributed by atoms with van der Waals surface area (Å²) in [6.07, 6.45) is -2.00. The Morgan fingerprint density at radius 2 is 2.18 bits per heavy atom. The fourth-order valence-corrected chi connectivity index (χ4v) is 1.29. The third-order valence-electron chi connectivity index (χ3n) is 2.13. The smallest absolute Gasteiger partial charge is 0.193 e. The Balaban J connectivity index is 2.39. The van der Waals surface area contributed by atoms with Crippen LogP contribution in [-0.4, -0.2) is 34.3 Å². The van der Waals surface area contributed by atoms with E-state index in [1.807, 2.05) is 0 Å². The summed E-state index contributed by atoms with van der Waals surface area (Å²) < 4.78 is 4.84. The van der Waals surface area contributed by atoms with Crippen molar-refractivity contribution in [1.82, 2.24) is 0 Å². The molecular weight excluding hydrogens is 148 g/mol. The van der Waals surface area contributed by atoms with Gasteiger partial charge in [-0.3, -0.25) is 4.79 Å². The summed E-state index contributed by atoms with van der Waals surface area (Å²) in [5.74, 6) is -0.452. The van der Waals surface area contributed by atoms with Crippen LogP contribution in [0.4, 0.5) is 0 Å². The van der Waals surface area contributed by atoms with Crippen LogP contribution in [0.15, 0.2) is 11.3 Å². The van der Waals surface area contributed by atoms with E-state index in [0.717, 1.165) is 0 Å². The fraction of sp³-hybridized carbons (Fsp3) is 0.571. The van der Waals surface area contributed by atoms with E-state index in [-0.39, 0.29) is 17.1 Å². The van der Waals surface area contributed by atoms with Gasteiger partial charge in [0.2, 0.25) is 0 Å². The average molecular weight is 156 g/mol. The molecule has 2 N–H and O–H groups in total. The second kappa shape index (κ2) is 1.84. The summed E-state index contributed by atoms with van der Waals surface area (Å²) in [5.41, 5.74) is 0.219. The molecule has 4 heteroatoms. The molecule has 4 nitrogen and oxygen atoms in total. The van der Waals surface area contributed by atoms with Crippen LogP contribution in [0, 0.1) is 0 Å². The van der Waals surface area contributed by atoms with Gasteiger partial charge in [-0.05, 0) is 6.92 Å². The molecule has 1 aliphatic carbocycles. The van der Waals surface area contributed by atoms with Gasteiger partial charge in [-0.15, -0.1) is 0 Å². The lowest BCUT2D eigenvalue weighted by Crippen LogP contribution is -2.30. The summed E-state index contributed by atoms with van der Waals surface area (Å²) in [5, 5.41) is 18.3. The third-order valence-corrected chi connectivity index (χ3v) is 2.13. The Bertz CT molecular complexity index is 255. The van der Waals surface area contributed by atoms with Gasteiger partial charge in [0, 0.05) is 5.57 Å². The summed E-state index contributed by atoms with van der Waals surface area (Å²) in [6.45, 7) is 1.48. The summed E-state index contributed by atoms with van der Waals surface area (Å²) in [4.78, 5) is 11.1. The molecule has 0 saturated carbocycles. The minimum Gasteiger partial charge on any atom is -0.509 e. The average Bonchev–Trinajstić information content (AvgIpc) is 2.76. The van der Waals surface area contributed by atoms with Crippen molar-refractivity contribution in [1.29, 1.82) is 0 Å². The largest absolute Gasteiger partial charge is 0.509 e. The van der Waals surface area contributed by atoms with Gasteiger partial charge in [0.15, 0.2) is 5.78 Å². The number of carbonyl (C=O) groups is 1. The van der Waals surface area contributed by atoms with Crippen LogP contribution in [-0.2, 0) is 9.53 Å². The predicted octanol–water partition coefficient (Wildman–Crippen LogP) is -0.471. The first-order chi connectivity index (χ1) is 5.13. The lowest BCUT2D eigenvalue weighted by Gasteiger charge is -2.13. The Hall–Kier alpha value is -0.870. The second-order valence-corrected chi connectivity index (χ2v) is 2.84. The number of aliphatic hydroxyl groups is 2. The molecule has 3 atom stereocenters. The topological polar surface area (TPSA) is 70.1 Å². The number of ether oxygens (including phenoxy) is 1. The maximum atomic E-state index is 11.1. The molecule has 2 aliphatic rings. The minimum absolute atomic E-state index is 0.210. The van der Waals surface area contributed by atoms with E-state index in [9.17, 15) is 9.90 Å². The molecule has 1 aliphatic heterocycles. The van der Waals surface area contributed by atoms with Gasteiger partial charge in [-0.25, -0.2) is 0 Å². The highest BCUT2D eigenvalue weighted by molar-refractivity contribution is 6.02. The van der Waals surface area contributed by atoms with E-state index < -0.39 is 18.3 Å². The highest BCUT2D eigenvalue weighted by Crippen LogP contribution is 2.36. The minimum atomic E-state index is -1.00. The molecule has 3 unspecified atom stereocenters. The fourth-order valence-electron chi connectivity index (χ4n) is 1.29. The highest BCUT2D eigenvalue weighted by atomic mass is 16.6. The van der Waals surface area contributed by atoms with Crippen LogP contribution in [0.1, 0.15) is 6.92 Å². The Morgan fingerprint density at radius 1 is 1.55 bits per heavy atom. The van der Waals surface area contributed by atoms with Crippen LogP contribution in [0.3, 0.4) is 0 Å². The number of carbonyl (C=O) groups excluding carboxylic acids is 1. The molecule has 1 saturated heterocycles. The molecule has 0 radical (unpaired) electrons. The van der Waals surface area contributed by atoms with Gasteiger partial charge in [-0.2, -0.15) is 0 Å². The number of hydrogen-bond acceptors (Lipinski definition) is 4.